The third-order valence-electron chi connectivity index (χ3n) is 7.15. The lowest BCUT2D eigenvalue weighted by atomic mass is 10.0. The van der Waals surface area contributed by atoms with Crippen molar-refractivity contribution in [1.29, 1.82) is 0 Å². The van der Waals surface area contributed by atoms with Crippen LogP contribution in [0.3, 0.4) is 0 Å². The molecule has 4 rings (SSSR count). The minimum absolute atomic E-state index is 0.0428. The molecule has 1 aromatic carbocycles. The lowest BCUT2D eigenvalue weighted by molar-refractivity contribution is -0.136. The van der Waals surface area contributed by atoms with Gasteiger partial charge >= 0.3 is 0 Å². The van der Waals surface area contributed by atoms with Gasteiger partial charge in [-0.15, -0.1) is 0 Å². The first kappa shape index (κ1) is 27.5. The van der Waals surface area contributed by atoms with Crippen LogP contribution in [0.5, 0.6) is 0 Å². The average molecular weight is 546 g/mol. The highest BCUT2D eigenvalue weighted by molar-refractivity contribution is 7.17. The predicted molar refractivity (Wildman–Crippen MR) is 147 cm³/mol. The highest BCUT2D eigenvalue weighted by atomic mass is 35.5. The molecule has 1 aromatic heterocycles. The number of aromatic nitrogens is 1. The van der Waals surface area contributed by atoms with Gasteiger partial charge in [-0.2, -0.15) is 0 Å². The Balaban J connectivity index is 1.39. The quantitative estimate of drug-likeness (QED) is 0.533. The third-order valence-corrected chi connectivity index (χ3v) is 8.58. The van der Waals surface area contributed by atoms with Gasteiger partial charge in [0, 0.05) is 51.2 Å². The zero-order chi connectivity index (χ0) is 26.7. The van der Waals surface area contributed by atoms with E-state index in [-0.39, 0.29) is 23.8 Å². The predicted octanol–water partition coefficient (Wildman–Crippen LogP) is 4.35. The number of likely N-dealkylation sites (tertiary alicyclic amines) is 2. The fraction of sp³-hybridized carbons (Fsp3) is 0.556. The molecule has 2 aliphatic heterocycles. The molecule has 1 atom stereocenters. The molecule has 0 aliphatic carbocycles. The number of carbonyl (C=O) groups is 3. The van der Waals surface area contributed by atoms with E-state index in [1.807, 2.05) is 24.8 Å². The Labute approximate surface area is 228 Å². The van der Waals surface area contributed by atoms with Crippen LogP contribution < -0.4 is 5.32 Å². The van der Waals surface area contributed by atoms with Gasteiger partial charge < -0.3 is 15.1 Å². The Morgan fingerprint density at radius 3 is 2.59 bits per heavy atom. The molecule has 2 fully saturated rings. The molecule has 3 amide bonds. The number of rotatable bonds is 8. The van der Waals surface area contributed by atoms with Crippen molar-refractivity contribution in [2.45, 2.75) is 71.0 Å². The van der Waals surface area contributed by atoms with Crippen molar-refractivity contribution in [2.24, 2.45) is 0 Å². The second-order valence-corrected chi connectivity index (χ2v) is 11.6. The third kappa shape index (κ3) is 6.33. The molecule has 0 saturated carbocycles. The van der Waals surface area contributed by atoms with Crippen molar-refractivity contribution in [1.82, 2.24) is 19.7 Å². The van der Waals surface area contributed by atoms with Gasteiger partial charge in [0.2, 0.25) is 11.8 Å². The van der Waals surface area contributed by atoms with E-state index >= 15 is 0 Å². The molecule has 1 N–H and O–H groups in total. The minimum atomic E-state index is -0.505. The normalized spacial score (nSPS) is 18.9. The maximum absolute atomic E-state index is 13.3. The molecule has 2 aromatic rings. The average Bonchev–Trinajstić information content (AvgIpc) is 3.44. The van der Waals surface area contributed by atoms with Crippen LogP contribution in [0.25, 0.3) is 0 Å². The van der Waals surface area contributed by atoms with Crippen LogP contribution in [0.1, 0.15) is 65.5 Å². The molecule has 0 unspecified atom stereocenters. The van der Waals surface area contributed by atoms with E-state index in [9.17, 15) is 14.4 Å². The number of amides is 3. The Kier molecular flexibility index (Phi) is 8.87. The summed E-state index contributed by atoms with van der Waals surface area (Å²) in [6.45, 7) is 6.63. The lowest BCUT2D eigenvalue weighted by Crippen LogP contribution is -2.51. The van der Waals surface area contributed by atoms with Crippen molar-refractivity contribution < 1.29 is 14.4 Å². The van der Waals surface area contributed by atoms with E-state index in [0.717, 1.165) is 49.5 Å². The maximum atomic E-state index is 13.3. The van der Waals surface area contributed by atoms with Gasteiger partial charge in [0.15, 0.2) is 5.13 Å². The summed E-state index contributed by atoms with van der Waals surface area (Å²) in [5.74, 6) is -0.286. The fourth-order valence-corrected chi connectivity index (χ4v) is 6.36. The summed E-state index contributed by atoms with van der Waals surface area (Å²) < 4.78 is 0. The molecule has 200 valence electrons. The standard InChI is InChI=1S/C27H36ClN5O3S/c1-5-6-21-24(26(36)31(3)4)37-27(29-21)30-25(35)22-9-10-23(34)33(22)19-11-13-32(14-12-19)16-18-7-8-20(28)17(2)15-18/h7-8,15,19,22H,5-6,9-14,16H2,1-4H3,(H,29,30,35)/t22-/m1/s1. The number of anilines is 1. The molecule has 2 saturated heterocycles. The zero-order valence-electron chi connectivity index (χ0n) is 22.1. The Morgan fingerprint density at radius 1 is 1.22 bits per heavy atom. The Hall–Kier alpha value is -2.49. The summed E-state index contributed by atoms with van der Waals surface area (Å²) in [5, 5.41) is 4.12. The van der Waals surface area contributed by atoms with Crippen molar-refractivity contribution >= 4 is 45.8 Å². The number of nitrogens with one attached hydrogen (secondary N) is 1. The summed E-state index contributed by atoms with van der Waals surface area (Å²) in [5.41, 5.74) is 3.02. The molecule has 37 heavy (non-hydrogen) atoms. The number of hydrogen-bond donors (Lipinski definition) is 1. The summed E-state index contributed by atoms with van der Waals surface area (Å²) in [6, 6.07) is 5.67. The van der Waals surface area contributed by atoms with E-state index in [1.165, 1.54) is 21.8 Å². The second-order valence-electron chi connectivity index (χ2n) is 10.2. The monoisotopic (exact) mass is 545 g/mol. The Bertz CT molecular complexity index is 1160. The van der Waals surface area contributed by atoms with Gasteiger partial charge in [-0.25, -0.2) is 4.98 Å². The van der Waals surface area contributed by atoms with Crippen LogP contribution in [0.2, 0.25) is 5.02 Å². The first-order valence-electron chi connectivity index (χ1n) is 13.0. The molecule has 3 heterocycles. The van der Waals surface area contributed by atoms with E-state index in [2.05, 4.69) is 27.3 Å². The number of halogens is 1. The molecule has 0 radical (unpaired) electrons. The van der Waals surface area contributed by atoms with Gasteiger partial charge in [0.1, 0.15) is 10.9 Å². The topological polar surface area (TPSA) is 85.9 Å². The lowest BCUT2D eigenvalue weighted by Gasteiger charge is -2.39. The SMILES string of the molecule is CCCc1nc(NC(=O)[C@H]2CCC(=O)N2C2CCN(Cc3ccc(Cl)c(C)c3)CC2)sc1C(=O)N(C)C. The molecular weight excluding hydrogens is 510 g/mol. The first-order valence-corrected chi connectivity index (χ1v) is 14.2. The summed E-state index contributed by atoms with van der Waals surface area (Å²) in [7, 11) is 3.42. The van der Waals surface area contributed by atoms with Crippen molar-refractivity contribution in [2.75, 3.05) is 32.5 Å². The van der Waals surface area contributed by atoms with Gasteiger partial charge in [-0.3, -0.25) is 19.3 Å². The van der Waals surface area contributed by atoms with Gasteiger partial charge in [0.05, 0.1) is 5.69 Å². The van der Waals surface area contributed by atoms with Crippen molar-refractivity contribution in [3.63, 3.8) is 0 Å². The Morgan fingerprint density at radius 2 is 1.95 bits per heavy atom. The van der Waals surface area contributed by atoms with E-state index < -0.39 is 6.04 Å². The molecule has 0 spiro atoms. The van der Waals surface area contributed by atoms with Crippen molar-refractivity contribution in [3.8, 4) is 0 Å². The van der Waals surface area contributed by atoms with Crippen LogP contribution in [-0.2, 0) is 22.6 Å². The van der Waals surface area contributed by atoms with Crippen LogP contribution >= 0.6 is 22.9 Å². The molecule has 8 nitrogen and oxygen atoms in total. The van der Waals surface area contributed by atoms with Crippen LogP contribution in [0.4, 0.5) is 5.13 Å². The smallest absolute Gasteiger partial charge is 0.265 e. The maximum Gasteiger partial charge on any atom is 0.265 e. The number of piperidine rings is 1. The summed E-state index contributed by atoms with van der Waals surface area (Å²) >= 11 is 7.38. The van der Waals surface area contributed by atoms with Gasteiger partial charge in [0.25, 0.3) is 5.91 Å². The number of hydrogen-bond acceptors (Lipinski definition) is 6. The number of aryl methyl sites for hydroxylation is 2. The highest BCUT2D eigenvalue weighted by Gasteiger charge is 2.41. The van der Waals surface area contributed by atoms with Gasteiger partial charge in [-0.05, 0) is 49.8 Å². The first-order chi connectivity index (χ1) is 17.7. The van der Waals surface area contributed by atoms with Crippen LogP contribution in [0, 0.1) is 6.92 Å². The fourth-order valence-electron chi connectivity index (χ4n) is 5.21. The van der Waals surface area contributed by atoms with Crippen molar-refractivity contribution in [3.05, 3.63) is 44.9 Å². The van der Waals surface area contributed by atoms with Crippen LogP contribution in [-0.4, -0.2) is 76.7 Å². The van der Waals surface area contributed by atoms with Gasteiger partial charge in [-0.1, -0.05) is 48.4 Å². The summed E-state index contributed by atoms with van der Waals surface area (Å²) in [6.07, 6.45) is 4.08. The number of benzene rings is 1. The molecule has 10 heteroatoms. The zero-order valence-corrected chi connectivity index (χ0v) is 23.6. The minimum Gasteiger partial charge on any atom is -0.344 e. The number of carbonyl (C=O) groups excluding carboxylic acids is 3. The van der Waals surface area contributed by atoms with E-state index in [1.54, 1.807) is 14.1 Å². The largest absolute Gasteiger partial charge is 0.344 e. The number of thiazole rings is 1. The molecular formula is C27H36ClN5O3S. The van der Waals surface area contributed by atoms with E-state index in [4.69, 9.17) is 11.6 Å². The molecule has 2 aliphatic rings. The molecule has 0 bridgehead atoms. The number of nitrogens with zero attached hydrogens (tertiary/aromatic N) is 4. The highest BCUT2D eigenvalue weighted by Crippen LogP contribution is 2.30. The van der Waals surface area contributed by atoms with Crippen LogP contribution in [0.15, 0.2) is 18.2 Å². The second kappa shape index (κ2) is 11.9. The summed E-state index contributed by atoms with van der Waals surface area (Å²) in [4.78, 5) is 49.6. The van der Waals surface area contributed by atoms with E-state index in [0.29, 0.717) is 35.0 Å².